The smallest absolute Gasteiger partial charge is 0.317 e. The summed E-state index contributed by atoms with van der Waals surface area (Å²) in [7, 11) is 1.72. The fourth-order valence-corrected chi connectivity index (χ4v) is 2.74. The molecule has 2 rings (SSSR count). The van der Waals surface area contributed by atoms with Gasteiger partial charge >= 0.3 is 12.0 Å². The van der Waals surface area contributed by atoms with E-state index in [0.29, 0.717) is 13.0 Å². The molecule has 2 unspecified atom stereocenters. The maximum absolute atomic E-state index is 12.2. The predicted octanol–water partition coefficient (Wildman–Crippen LogP) is 2.39. The zero-order valence-electron chi connectivity index (χ0n) is 12.5. The number of aryl methyl sites for hydroxylation is 1. The zero-order valence-corrected chi connectivity index (χ0v) is 12.5. The first-order valence-corrected chi connectivity index (χ1v) is 7.27. The second-order valence-electron chi connectivity index (χ2n) is 5.77. The highest BCUT2D eigenvalue weighted by Crippen LogP contribution is 2.26. The maximum atomic E-state index is 12.2. The minimum absolute atomic E-state index is 0.214. The van der Waals surface area contributed by atoms with Gasteiger partial charge in [-0.1, -0.05) is 36.2 Å². The standard InChI is InChI=1S/C16H22N2O3/c1-11-6-8-12(9-7-11)10-18(2)16(21)17-14-5-3-4-13(14)15(19)20/h6-9,13-14H,3-5,10H2,1-2H3,(H,17,21)(H,19,20). The van der Waals surface area contributed by atoms with E-state index in [0.717, 1.165) is 18.4 Å². The van der Waals surface area contributed by atoms with Gasteiger partial charge in [0, 0.05) is 19.6 Å². The lowest BCUT2D eigenvalue weighted by molar-refractivity contribution is -0.142. The van der Waals surface area contributed by atoms with E-state index >= 15 is 0 Å². The Kier molecular flexibility index (Phi) is 4.83. The molecule has 2 atom stereocenters. The summed E-state index contributed by atoms with van der Waals surface area (Å²) in [4.78, 5) is 24.9. The molecule has 1 saturated carbocycles. The van der Waals surface area contributed by atoms with Crippen molar-refractivity contribution in [2.75, 3.05) is 7.05 Å². The van der Waals surface area contributed by atoms with Gasteiger partial charge in [-0.2, -0.15) is 0 Å². The van der Waals surface area contributed by atoms with Crippen molar-refractivity contribution in [2.24, 2.45) is 5.92 Å². The van der Waals surface area contributed by atoms with E-state index in [1.165, 1.54) is 5.56 Å². The van der Waals surface area contributed by atoms with Crippen molar-refractivity contribution < 1.29 is 14.7 Å². The van der Waals surface area contributed by atoms with Crippen LogP contribution in [-0.2, 0) is 11.3 Å². The number of carboxylic acid groups (broad SMARTS) is 1. The van der Waals surface area contributed by atoms with Gasteiger partial charge in [-0.3, -0.25) is 4.79 Å². The van der Waals surface area contributed by atoms with Crippen molar-refractivity contribution in [2.45, 2.75) is 38.8 Å². The maximum Gasteiger partial charge on any atom is 0.317 e. The van der Waals surface area contributed by atoms with Crippen LogP contribution in [0.25, 0.3) is 0 Å². The highest BCUT2D eigenvalue weighted by molar-refractivity contribution is 5.77. The summed E-state index contributed by atoms with van der Waals surface area (Å²) in [6.07, 6.45) is 2.23. The lowest BCUT2D eigenvalue weighted by atomic mass is 10.0. The molecule has 1 aromatic rings. The third-order valence-electron chi connectivity index (χ3n) is 4.03. The number of rotatable bonds is 4. The molecule has 1 aromatic carbocycles. The summed E-state index contributed by atoms with van der Waals surface area (Å²) in [5.41, 5.74) is 2.24. The van der Waals surface area contributed by atoms with Gasteiger partial charge in [-0.15, -0.1) is 0 Å². The Bertz CT molecular complexity index is 513. The molecule has 1 fully saturated rings. The number of carbonyl (C=O) groups is 2. The Morgan fingerprint density at radius 3 is 2.57 bits per heavy atom. The SMILES string of the molecule is Cc1ccc(CN(C)C(=O)NC2CCCC2C(=O)O)cc1. The molecular weight excluding hydrogens is 268 g/mol. The Morgan fingerprint density at radius 2 is 1.95 bits per heavy atom. The number of aliphatic carboxylic acids is 1. The van der Waals surface area contributed by atoms with Gasteiger partial charge in [-0.25, -0.2) is 4.79 Å². The number of amides is 2. The molecule has 0 saturated heterocycles. The number of benzene rings is 1. The van der Waals surface area contributed by atoms with Gasteiger partial charge in [0.05, 0.1) is 5.92 Å². The van der Waals surface area contributed by atoms with Crippen LogP contribution in [0.1, 0.15) is 30.4 Å². The van der Waals surface area contributed by atoms with Gasteiger partial charge in [0.25, 0.3) is 0 Å². The van der Waals surface area contributed by atoms with Crippen molar-refractivity contribution >= 4 is 12.0 Å². The lowest BCUT2D eigenvalue weighted by Crippen LogP contribution is -2.45. The fourth-order valence-electron chi connectivity index (χ4n) is 2.74. The molecule has 0 spiro atoms. The summed E-state index contributed by atoms with van der Waals surface area (Å²) in [6.45, 7) is 2.53. The fraction of sp³-hybridized carbons (Fsp3) is 0.500. The number of hydrogen-bond donors (Lipinski definition) is 2. The molecule has 1 aliphatic carbocycles. The third-order valence-corrected chi connectivity index (χ3v) is 4.03. The Labute approximate surface area is 125 Å². The minimum atomic E-state index is -0.820. The molecular formula is C16H22N2O3. The van der Waals surface area contributed by atoms with Crippen LogP contribution in [-0.4, -0.2) is 35.1 Å². The topological polar surface area (TPSA) is 69.6 Å². The predicted molar refractivity (Wildman–Crippen MR) is 79.9 cm³/mol. The molecule has 0 aliphatic heterocycles. The van der Waals surface area contributed by atoms with Crippen LogP contribution in [0.5, 0.6) is 0 Å². The molecule has 0 radical (unpaired) electrons. The van der Waals surface area contributed by atoms with E-state index in [9.17, 15) is 9.59 Å². The average molecular weight is 290 g/mol. The molecule has 21 heavy (non-hydrogen) atoms. The lowest BCUT2D eigenvalue weighted by Gasteiger charge is -2.23. The zero-order chi connectivity index (χ0) is 15.4. The van der Waals surface area contributed by atoms with Crippen LogP contribution in [0.2, 0.25) is 0 Å². The van der Waals surface area contributed by atoms with E-state index in [2.05, 4.69) is 5.32 Å². The van der Waals surface area contributed by atoms with Gasteiger partial charge in [0.1, 0.15) is 0 Å². The molecule has 0 heterocycles. The summed E-state index contributed by atoms with van der Waals surface area (Å²) in [5, 5.41) is 12.0. The number of urea groups is 1. The summed E-state index contributed by atoms with van der Waals surface area (Å²) in [5.74, 6) is -1.28. The van der Waals surface area contributed by atoms with Crippen molar-refractivity contribution in [1.82, 2.24) is 10.2 Å². The van der Waals surface area contributed by atoms with E-state index in [1.807, 2.05) is 31.2 Å². The van der Waals surface area contributed by atoms with Gasteiger partial charge in [0.2, 0.25) is 0 Å². The number of nitrogens with zero attached hydrogens (tertiary/aromatic N) is 1. The first kappa shape index (κ1) is 15.4. The van der Waals surface area contributed by atoms with Gasteiger partial charge in [0.15, 0.2) is 0 Å². The average Bonchev–Trinajstić information content (AvgIpc) is 2.89. The molecule has 114 valence electrons. The van der Waals surface area contributed by atoms with Gasteiger partial charge < -0.3 is 15.3 Å². The third kappa shape index (κ3) is 3.97. The van der Waals surface area contributed by atoms with Crippen molar-refractivity contribution in [3.63, 3.8) is 0 Å². The quantitative estimate of drug-likeness (QED) is 0.894. The minimum Gasteiger partial charge on any atom is -0.481 e. The van der Waals surface area contributed by atoms with Crippen LogP contribution in [0, 0.1) is 12.8 Å². The number of nitrogens with one attached hydrogen (secondary N) is 1. The van der Waals surface area contributed by atoms with Crippen LogP contribution in [0.4, 0.5) is 4.79 Å². The second-order valence-corrected chi connectivity index (χ2v) is 5.77. The van der Waals surface area contributed by atoms with Crippen LogP contribution in [0.15, 0.2) is 24.3 Å². The normalized spacial score (nSPS) is 21.0. The molecule has 5 nitrogen and oxygen atoms in total. The Hall–Kier alpha value is -2.04. The molecule has 2 N–H and O–H groups in total. The monoisotopic (exact) mass is 290 g/mol. The Morgan fingerprint density at radius 1 is 1.29 bits per heavy atom. The first-order chi connectivity index (χ1) is 9.97. The van der Waals surface area contributed by atoms with Crippen molar-refractivity contribution in [3.8, 4) is 0 Å². The van der Waals surface area contributed by atoms with E-state index in [4.69, 9.17) is 5.11 Å². The van der Waals surface area contributed by atoms with Crippen molar-refractivity contribution in [3.05, 3.63) is 35.4 Å². The van der Waals surface area contributed by atoms with Gasteiger partial charge in [-0.05, 0) is 25.3 Å². The highest BCUT2D eigenvalue weighted by Gasteiger charge is 2.34. The van der Waals surface area contributed by atoms with E-state index < -0.39 is 11.9 Å². The largest absolute Gasteiger partial charge is 0.481 e. The summed E-state index contributed by atoms with van der Waals surface area (Å²) < 4.78 is 0. The first-order valence-electron chi connectivity index (χ1n) is 7.27. The highest BCUT2D eigenvalue weighted by atomic mass is 16.4. The Balaban J connectivity index is 1.90. The molecule has 0 aromatic heterocycles. The molecule has 0 bridgehead atoms. The number of carboxylic acids is 1. The van der Waals surface area contributed by atoms with E-state index in [-0.39, 0.29) is 12.1 Å². The molecule has 2 amide bonds. The van der Waals surface area contributed by atoms with Crippen LogP contribution >= 0.6 is 0 Å². The van der Waals surface area contributed by atoms with Crippen molar-refractivity contribution in [1.29, 1.82) is 0 Å². The molecule has 5 heteroatoms. The van der Waals surface area contributed by atoms with Crippen LogP contribution < -0.4 is 5.32 Å². The second kappa shape index (κ2) is 6.61. The van der Waals surface area contributed by atoms with Crippen LogP contribution in [0.3, 0.4) is 0 Å². The van der Waals surface area contributed by atoms with E-state index in [1.54, 1.807) is 11.9 Å². The molecule has 1 aliphatic rings. The summed E-state index contributed by atoms with van der Waals surface area (Å²) >= 11 is 0. The summed E-state index contributed by atoms with van der Waals surface area (Å²) in [6, 6.07) is 7.55. The number of hydrogen-bond acceptors (Lipinski definition) is 2. The number of carbonyl (C=O) groups excluding carboxylic acids is 1.